The average Bonchev–Trinajstić information content (AvgIpc) is 2.25. The highest BCUT2D eigenvalue weighted by Crippen LogP contribution is 2.16. The van der Waals surface area contributed by atoms with E-state index in [1.54, 1.807) is 26.8 Å². The number of nitrogens with zero attached hydrogens (tertiary/aromatic N) is 1. The van der Waals surface area contributed by atoms with Crippen LogP contribution in [0.25, 0.3) is 0 Å². The number of rotatable bonds is 2. The zero-order valence-corrected chi connectivity index (χ0v) is 10.9. The molecule has 6 nitrogen and oxygen atoms in total. The molecule has 0 bridgehead atoms. The van der Waals surface area contributed by atoms with Crippen molar-refractivity contribution in [3.63, 3.8) is 0 Å². The zero-order chi connectivity index (χ0) is 13.8. The van der Waals surface area contributed by atoms with Crippen LogP contribution < -0.4 is 11.1 Å². The molecule has 0 aromatic rings. The van der Waals surface area contributed by atoms with Crippen molar-refractivity contribution in [2.45, 2.75) is 39.2 Å². The molecule has 1 amide bonds. The van der Waals surface area contributed by atoms with E-state index in [1.807, 2.05) is 6.08 Å². The summed E-state index contributed by atoms with van der Waals surface area (Å²) < 4.78 is 5.13. The molecule has 0 spiro atoms. The van der Waals surface area contributed by atoms with Gasteiger partial charge in [-0.05, 0) is 45.3 Å². The molecular formula is C12H19N3O3. The van der Waals surface area contributed by atoms with Crippen LogP contribution in [0.5, 0.6) is 0 Å². The minimum atomic E-state index is -0.544. The molecule has 1 aliphatic rings. The lowest BCUT2D eigenvalue weighted by Gasteiger charge is -2.21. The summed E-state index contributed by atoms with van der Waals surface area (Å²) in [5, 5.41) is 14.2. The molecule has 4 N–H and O–H groups in total. The van der Waals surface area contributed by atoms with Crippen molar-refractivity contribution >= 4 is 11.9 Å². The first kappa shape index (κ1) is 14.1. The summed E-state index contributed by atoms with van der Waals surface area (Å²) in [6, 6.07) is 0. The lowest BCUT2D eigenvalue weighted by atomic mass is 10.0. The molecule has 0 heterocycles. The fourth-order valence-electron chi connectivity index (χ4n) is 1.48. The molecule has 18 heavy (non-hydrogen) atoms. The minimum Gasteiger partial charge on any atom is -0.444 e. The fraction of sp³-hybridized carbons (Fsp3) is 0.500. The number of nitrogens with one attached hydrogen (secondary N) is 1. The maximum Gasteiger partial charge on any atom is 0.412 e. The predicted octanol–water partition coefficient (Wildman–Crippen LogP) is 1.86. The summed E-state index contributed by atoms with van der Waals surface area (Å²) in [5.41, 5.74) is 6.24. The van der Waals surface area contributed by atoms with Gasteiger partial charge < -0.3 is 15.7 Å². The number of nitrogens with two attached hydrogens (primary N) is 1. The van der Waals surface area contributed by atoms with Crippen LogP contribution >= 0.6 is 0 Å². The number of amidine groups is 1. The quantitative estimate of drug-likeness (QED) is 0.303. The van der Waals surface area contributed by atoms with Crippen LogP contribution in [0.2, 0.25) is 0 Å². The highest BCUT2D eigenvalue weighted by atomic mass is 16.6. The van der Waals surface area contributed by atoms with Crippen LogP contribution in [0.1, 0.15) is 33.6 Å². The first-order valence-corrected chi connectivity index (χ1v) is 5.70. The minimum absolute atomic E-state index is 0.0617. The standard InChI is InChI=1S/C12H19N3O3/c1-12(2,3)18-11(16)14-9-6-4-5-8(7-9)10(13)15-17/h6-7,17H,4-5H2,1-3H3,(H2,13,15)(H,14,16). The third-order valence-corrected chi connectivity index (χ3v) is 2.19. The van der Waals surface area contributed by atoms with Gasteiger partial charge in [0.25, 0.3) is 0 Å². The first-order valence-electron chi connectivity index (χ1n) is 5.70. The Labute approximate surface area is 106 Å². The number of amides is 1. The Morgan fingerprint density at radius 3 is 2.78 bits per heavy atom. The Morgan fingerprint density at radius 1 is 1.56 bits per heavy atom. The van der Waals surface area contributed by atoms with E-state index in [0.717, 1.165) is 0 Å². The van der Waals surface area contributed by atoms with Crippen LogP contribution in [0.15, 0.2) is 28.6 Å². The summed E-state index contributed by atoms with van der Waals surface area (Å²) >= 11 is 0. The number of oxime groups is 1. The largest absolute Gasteiger partial charge is 0.444 e. The van der Waals surface area contributed by atoms with Gasteiger partial charge in [0.15, 0.2) is 5.84 Å². The smallest absolute Gasteiger partial charge is 0.412 e. The zero-order valence-electron chi connectivity index (χ0n) is 10.9. The van der Waals surface area contributed by atoms with Crippen molar-refractivity contribution in [3.8, 4) is 0 Å². The number of alkyl carbamates (subject to hydrolysis) is 1. The average molecular weight is 253 g/mol. The molecule has 0 unspecified atom stereocenters. The lowest BCUT2D eigenvalue weighted by Crippen LogP contribution is -2.32. The van der Waals surface area contributed by atoms with Gasteiger partial charge in [0.1, 0.15) is 5.60 Å². The first-order chi connectivity index (χ1) is 8.31. The van der Waals surface area contributed by atoms with Gasteiger partial charge in [-0.2, -0.15) is 0 Å². The predicted molar refractivity (Wildman–Crippen MR) is 68.2 cm³/mol. The number of carbonyl (C=O) groups excluding carboxylic acids is 1. The summed E-state index contributed by atoms with van der Waals surface area (Å²) in [6.07, 6.45) is 4.40. The molecule has 0 aromatic heterocycles. The van der Waals surface area contributed by atoms with E-state index in [1.165, 1.54) is 0 Å². The molecule has 0 aromatic carbocycles. The number of allylic oxidation sites excluding steroid dienone is 2. The fourth-order valence-corrected chi connectivity index (χ4v) is 1.48. The van der Waals surface area contributed by atoms with Gasteiger partial charge >= 0.3 is 6.09 Å². The highest BCUT2D eigenvalue weighted by Gasteiger charge is 2.17. The van der Waals surface area contributed by atoms with E-state index in [4.69, 9.17) is 15.7 Å². The molecular weight excluding hydrogens is 234 g/mol. The van der Waals surface area contributed by atoms with E-state index in [2.05, 4.69) is 10.5 Å². The second-order valence-electron chi connectivity index (χ2n) is 4.98. The number of ether oxygens (including phenoxy) is 1. The highest BCUT2D eigenvalue weighted by molar-refractivity contribution is 5.97. The number of hydrogen-bond acceptors (Lipinski definition) is 4. The molecule has 0 saturated heterocycles. The lowest BCUT2D eigenvalue weighted by molar-refractivity contribution is 0.0547. The molecule has 1 rings (SSSR count). The van der Waals surface area contributed by atoms with Crippen LogP contribution in [-0.4, -0.2) is 22.7 Å². The Balaban J connectivity index is 2.66. The van der Waals surface area contributed by atoms with Crippen molar-refractivity contribution in [3.05, 3.63) is 23.4 Å². The number of hydrogen-bond donors (Lipinski definition) is 3. The normalized spacial score (nSPS) is 16.7. The summed E-state index contributed by atoms with van der Waals surface area (Å²) in [5.74, 6) is 0.0617. The van der Waals surface area contributed by atoms with E-state index < -0.39 is 11.7 Å². The van der Waals surface area contributed by atoms with Gasteiger partial charge in [0.2, 0.25) is 0 Å². The van der Waals surface area contributed by atoms with Gasteiger partial charge in [-0.25, -0.2) is 4.79 Å². The molecule has 0 radical (unpaired) electrons. The molecule has 0 saturated carbocycles. The maximum absolute atomic E-state index is 11.6. The van der Waals surface area contributed by atoms with E-state index in [0.29, 0.717) is 24.1 Å². The van der Waals surface area contributed by atoms with Crippen molar-refractivity contribution in [2.24, 2.45) is 10.9 Å². The van der Waals surface area contributed by atoms with Crippen molar-refractivity contribution < 1.29 is 14.7 Å². The van der Waals surface area contributed by atoms with Crippen molar-refractivity contribution in [1.29, 1.82) is 0 Å². The summed E-state index contributed by atoms with van der Waals surface area (Å²) in [6.45, 7) is 5.37. The van der Waals surface area contributed by atoms with E-state index in [-0.39, 0.29) is 5.84 Å². The topological polar surface area (TPSA) is 96.9 Å². The van der Waals surface area contributed by atoms with Gasteiger partial charge in [-0.1, -0.05) is 11.2 Å². The van der Waals surface area contributed by atoms with Crippen LogP contribution in [-0.2, 0) is 4.74 Å². The third-order valence-electron chi connectivity index (χ3n) is 2.19. The van der Waals surface area contributed by atoms with Crippen LogP contribution in [0.3, 0.4) is 0 Å². The molecule has 0 aliphatic heterocycles. The monoisotopic (exact) mass is 253 g/mol. The van der Waals surface area contributed by atoms with Gasteiger partial charge in [-0.3, -0.25) is 5.32 Å². The van der Waals surface area contributed by atoms with Crippen LogP contribution in [0.4, 0.5) is 4.79 Å². The Morgan fingerprint density at radius 2 is 2.22 bits per heavy atom. The molecule has 0 fully saturated rings. The SMILES string of the molecule is CC(C)(C)OC(=O)NC1=CCCC(/C(N)=N\O)=C1. The van der Waals surface area contributed by atoms with Crippen molar-refractivity contribution in [2.75, 3.05) is 0 Å². The summed E-state index contributed by atoms with van der Waals surface area (Å²) in [4.78, 5) is 11.6. The molecule has 6 heteroatoms. The maximum atomic E-state index is 11.6. The molecule has 100 valence electrons. The van der Waals surface area contributed by atoms with Gasteiger partial charge in [0.05, 0.1) is 0 Å². The Kier molecular flexibility index (Phi) is 4.36. The Hall–Kier alpha value is -1.98. The Bertz CT molecular complexity index is 417. The third kappa shape index (κ3) is 4.48. The van der Waals surface area contributed by atoms with Crippen molar-refractivity contribution in [1.82, 2.24) is 5.32 Å². The molecule has 1 aliphatic carbocycles. The second-order valence-corrected chi connectivity index (χ2v) is 4.98. The van der Waals surface area contributed by atoms with E-state index >= 15 is 0 Å². The van der Waals surface area contributed by atoms with Gasteiger partial charge in [-0.15, -0.1) is 0 Å². The summed E-state index contributed by atoms with van der Waals surface area (Å²) in [7, 11) is 0. The van der Waals surface area contributed by atoms with Gasteiger partial charge in [0, 0.05) is 5.70 Å². The second kappa shape index (κ2) is 5.57. The molecule has 0 atom stereocenters. The van der Waals surface area contributed by atoms with Crippen LogP contribution in [0, 0.1) is 0 Å². The number of carbonyl (C=O) groups is 1. The van der Waals surface area contributed by atoms with E-state index in [9.17, 15) is 4.79 Å².